The van der Waals surface area contributed by atoms with Gasteiger partial charge < -0.3 is 10.6 Å². The van der Waals surface area contributed by atoms with Crippen LogP contribution in [0.2, 0.25) is 0 Å². The number of hydrogen-bond acceptors (Lipinski definition) is 2. The van der Waals surface area contributed by atoms with E-state index in [1.807, 2.05) is 11.8 Å². The highest BCUT2D eigenvalue weighted by atomic mass is 19.1. The number of benzene rings is 1. The molecule has 0 saturated carbocycles. The van der Waals surface area contributed by atoms with Crippen molar-refractivity contribution < 1.29 is 9.18 Å². The van der Waals surface area contributed by atoms with Crippen molar-refractivity contribution in [2.24, 2.45) is 5.73 Å². The largest absolute Gasteiger partial charge is 0.335 e. The fourth-order valence-electron chi connectivity index (χ4n) is 2.46. The molecule has 1 saturated heterocycles. The molecule has 1 atom stereocenters. The van der Waals surface area contributed by atoms with Crippen molar-refractivity contribution in [3.8, 4) is 0 Å². The first-order valence-corrected chi connectivity index (χ1v) is 6.56. The van der Waals surface area contributed by atoms with Crippen molar-refractivity contribution in [2.45, 2.75) is 25.8 Å². The van der Waals surface area contributed by atoms with Gasteiger partial charge in [0, 0.05) is 25.2 Å². The van der Waals surface area contributed by atoms with Crippen molar-refractivity contribution in [1.82, 2.24) is 4.90 Å². The maximum Gasteiger partial charge on any atom is 0.247 e. The predicted molar refractivity (Wildman–Crippen MR) is 73.8 cm³/mol. The molecule has 1 heterocycles. The maximum atomic E-state index is 13.1. The Morgan fingerprint density at radius 1 is 1.58 bits per heavy atom. The lowest BCUT2D eigenvalue weighted by Gasteiger charge is -2.22. The summed E-state index contributed by atoms with van der Waals surface area (Å²) in [6.45, 7) is 3.08. The highest BCUT2D eigenvalue weighted by Gasteiger charge is 2.26. The number of carbonyl (C=O) groups is 1. The van der Waals surface area contributed by atoms with Crippen molar-refractivity contribution in [3.05, 3.63) is 41.7 Å². The predicted octanol–water partition coefficient (Wildman–Crippen LogP) is 2.18. The van der Waals surface area contributed by atoms with Crippen LogP contribution in [0.4, 0.5) is 4.39 Å². The minimum atomic E-state index is -0.293. The minimum absolute atomic E-state index is 0.0327. The minimum Gasteiger partial charge on any atom is -0.335 e. The topological polar surface area (TPSA) is 46.3 Å². The molecule has 1 amide bonds. The summed E-state index contributed by atoms with van der Waals surface area (Å²) in [5.74, 6) is -0.326. The number of allylic oxidation sites excluding steroid dienone is 1. The van der Waals surface area contributed by atoms with Gasteiger partial charge in [-0.2, -0.15) is 0 Å². The fraction of sp³-hybridized carbons (Fsp3) is 0.400. The number of halogens is 1. The van der Waals surface area contributed by atoms with E-state index in [-0.39, 0.29) is 17.8 Å². The summed E-state index contributed by atoms with van der Waals surface area (Å²) >= 11 is 0. The van der Waals surface area contributed by atoms with E-state index in [4.69, 9.17) is 5.73 Å². The van der Waals surface area contributed by atoms with Crippen LogP contribution in [0.5, 0.6) is 0 Å². The molecule has 1 fully saturated rings. The summed E-state index contributed by atoms with van der Waals surface area (Å²) < 4.78 is 13.1. The molecule has 3 nitrogen and oxygen atoms in total. The lowest BCUT2D eigenvalue weighted by molar-refractivity contribution is -0.126. The van der Waals surface area contributed by atoms with Crippen LogP contribution in [0.25, 0.3) is 5.57 Å². The van der Waals surface area contributed by atoms with Crippen LogP contribution in [-0.2, 0) is 4.79 Å². The number of nitrogens with zero attached hydrogens (tertiary/aromatic N) is 1. The molecule has 2 rings (SSSR count). The zero-order valence-electron chi connectivity index (χ0n) is 11.1. The summed E-state index contributed by atoms with van der Waals surface area (Å²) in [6, 6.07) is 6.41. The molecule has 0 radical (unpaired) electrons. The quantitative estimate of drug-likeness (QED) is 0.849. The number of carbonyl (C=O) groups excluding carboxylic acids is 1. The Kier molecular flexibility index (Phi) is 4.32. The van der Waals surface area contributed by atoms with E-state index in [0.717, 1.165) is 30.5 Å². The van der Waals surface area contributed by atoms with Crippen LogP contribution in [0.1, 0.15) is 25.3 Å². The summed E-state index contributed by atoms with van der Waals surface area (Å²) in [5, 5.41) is 0. The van der Waals surface area contributed by atoms with E-state index in [1.165, 1.54) is 12.1 Å². The standard InChI is InChI=1S/C15H19FN2O/c1-11(12-4-2-5-13(16)9-12)8-15(19)18-7-3-6-14(18)10-17/h2,4-5,8-9,14H,3,6-7,10,17H2,1H3/b11-8+. The van der Waals surface area contributed by atoms with E-state index >= 15 is 0 Å². The Labute approximate surface area is 112 Å². The van der Waals surface area contributed by atoms with Crippen molar-refractivity contribution in [1.29, 1.82) is 0 Å². The number of nitrogens with two attached hydrogens (primary N) is 1. The smallest absolute Gasteiger partial charge is 0.247 e. The van der Waals surface area contributed by atoms with Gasteiger partial charge in [0.2, 0.25) is 5.91 Å². The van der Waals surface area contributed by atoms with Crippen LogP contribution in [-0.4, -0.2) is 29.9 Å². The first-order chi connectivity index (χ1) is 9.11. The molecule has 2 N–H and O–H groups in total. The number of likely N-dealkylation sites (tertiary alicyclic amines) is 1. The lowest BCUT2D eigenvalue weighted by Crippen LogP contribution is -2.39. The van der Waals surface area contributed by atoms with Crippen LogP contribution in [0, 0.1) is 5.82 Å². The average molecular weight is 262 g/mol. The van der Waals surface area contributed by atoms with Crippen molar-refractivity contribution >= 4 is 11.5 Å². The first kappa shape index (κ1) is 13.7. The second-order valence-corrected chi connectivity index (χ2v) is 4.90. The lowest BCUT2D eigenvalue weighted by atomic mass is 10.1. The first-order valence-electron chi connectivity index (χ1n) is 6.56. The monoisotopic (exact) mass is 262 g/mol. The van der Waals surface area contributed by atoms with Gasteiger partial charge in [-0.3, -0.25) is 4.79 Å². The molecule has 0 spiro atoms. The van der Waals surface area contributed by atoms with Crippen LogP contribution in [0.3, 0.4) is 0 Å². The Morgan fingerprint density at radius 3 is 3.05 bits per heavy atom. The number of amides is 1. The molecule has 102 valence electrons. The molecule has 1 aromatic carbocycles. The summed E-state index contributed by atoms with van der Waals surface area (Å²) in [7, 11) is 0. The Bertz CT molecular complexity index is 499. The van der Waals surface area contributed by atoms with Crippen LogP contribution in [0.15, 0.2) is 30.3 Å². The van der Waals surface area contributed by atoms with Gasteiger partial charge in [-0.05, 0) is 43.0 Å². The third-order valence-electron chi connectivity index (χ3n) is 3.55. The maximum absolute atomic E-state index is 13.1. The molecule has 19 heavy (non-hydrogen) atoms. The molecule has 0 aliphatic carbocycles. The molecule has 0 aromatic heterocycles. The average Bonchev–Trinajstić information content (AvgIpc) is 2.87. The van der Waals surface area contributed by atoms with Gasteiger partial charge in [0.25, 0.3) is 0 Å². The second kappa shape index (κ2) is 5.97. The van der Waals surface area contributed by atoms with E-state index in [0.29, 0.717) is 6.54 Å². The third kappa shape index (κ3) is 3.20. The van der Waals surface area contributed by atoms with E-state index in [9.17, 15) is 9.18 Å². The van der Waals surface area contributed by atoms with Crippen LogP contribution >= 0.6 is 0 Å². The fourth-order valence-corrected chi connectivity index (χ4v) is 2.46. The molecule has 1 unspecified atom stereocenters. The van der Waals surface area contributed by atoms with Gasteiger partial charge in [-0.25, -0.2) is 4.39 Å². The SMILES string of the molecule is C/C(=C\C(=O)N1CCCC1CN)c1cccc(F)c1. The van der Waals surface area contributed by atoms with Gasteiger partial charge in [0.05, 0.1) is 0 Å². The van der Waals surface area contributed by atoms with E-state index in [1.54, 1.807) is 18.2 Å². The van der Waals surface area contributed by atoms with Gasteiger partial charge in [0.1, 0.15) is 5.82 Å². The third-order valence-corrected chi connectivity index (χ3v) is 3.55. The number of rotatable bonds is 3. The molecule has 1 aromatic rings. The van der Waals surface area contributed by atoms with Gasteiger partial charge in [-0.15, -0.1) is 0 Å². The molecular formula is C15H19FN2O. The second-order valence-electron chi connectivity index (χ2n) is 4.90. The summed E-state index contributed by atoms with van der Waals surface area (Å²) in [6.07, 6.45) is 3.54. The molecule has 1 aliphatic heterocycles. The normalized spacial score (nSPS) is 19.8. The summed E-state index contributed by atoms with van der Waals surface area (Å²) in [4.78, 5) is 14.0. The highest BCUT2D eigenvalue weighted by Crippen LogP contribution is 2.19. The van der Waals surface area contributed by atoms with Crippen molar-refractivity contribution in [3.63, 3.8) is 0 Å². The molecule has 1 aliphatic rings. The van der Waals surface area contributed by atoms with Gasteiger partial charge >= 0.3 is 0 Å². The Hall–Kier alpha value is -1.68. The van der Waals surface area contributed by atoms with Crippen LogP contribution < -0.4 is 5.73 Å². The zero-order valence-corrected chi connectivity index (χ0v) is 11.1. The zero-order chi connectivity index (χ0) is 13.8. The van der Waals surface area contributed by atoms with Gasteiger partial charge in [-0.1, -0.05) is 12.1 Å². The highest BCUT2D eigenvalue weighted by molar-refractivity contribution is 5.95. The molecule has 4 heteroatoms. The number of hydrogen-bond donors (Lipinski definition) is 1. The van der Waals surface area contributed by atoms with Crippen molar-refractivity contribution in [2.75, 3.05) is 13.1 Å². The Morgan fingerprint density at radius 2 is 2.37 bits per heavy atom. The molecule has 0 bridgehead atoms. The van der Waals surface area contributed by atoms with Gasteiger partial charge in [0.15, 0.2) is 0 Å². The Balaban J connectivity index is 2.14. The van der Waals surface area contributed by atoms with E-state index in [2.05, 4.69) is 0 Å². The van der Waals surface area contributed by atoms with E-state index < -0.39 is 0 Å². The molecular weight excluding hydrogens is 243 g/mol. The summed E-state index contributed by atoms with van der Waals surface area (Å²) in [5.41, 5.74) is 7.16.